The number of rotatable bonds is 5. The molecule has 0 saturated heterocycles. The van der Waals surface area contributed by atoms with Crippen LogP contribution in [0.5, 0.6) is 0 Å². The van der Waals surface area contributed by atoms with Gasteiger partial charge in [0.1, 0.15) is 23.3 Å². The van der Waals surface area contributed by atoms with Crippen molar-refractivity contribution in [3.05, 3.63) is 46.4 Å². The lowest BCUT2D eigenvalue weighted by atomic mass is 10.2. The van der Waals surface area contributed by atoms with Crippen LogP contribution in [0.2, 0.25) is 0 Å². The third-order valence-electron chi connectivity index (χ3n) is 4.18. The first-order valence-electron chi connectivity index (χ1n) is 10.3. The maximum absolute atomic E-state index is 9.48. The van der Waals surface area contributed by atoms with E-state index in [1.165, 1.54) is 0 Å². The number of pyridine rings is 1. The van der Waals surface area contributed by atoms with Crippen LogP contribution in [0.1, 0.15) is 62.8 Å². The van der Waals surface area contributed by atoms with E-state index < -0.39 is 0 Å². The van der Waals surface area contributed by atoms with Crippen LogP contribution in [-0.4, -0.2) is 26.1 Å². The summed E-state index contributed by atoms with van der Waals surface area (Å²) < 4.78 is 1.56. The minimum Gasteiger partial charge on any atom is -0.382 e. The summed E-state index contributed by atoms with van der Waals surface area (Å²) in [6.07, 6.45) is 1.54. The van der Waals surface area contributed by atoms with Crippen LogP contribution in [0.3, 0.4) is 0 Å². The molecule has 7 nitrogen and oxygen atoms in total. The smallest absolute Gasteiger partial charge is 0.163 e. The second kappa shape index (κ2) is 11.6. The van der Waals surface area contributed by atoms with Crippen molar-refractivity contribution < 1.29 is 0 Å². The molecule has 0 fully saturated rings. The Morgan fingerprint density at radius 3 is 2.41 bits per heavy atom. The van der Waals surface area contributed by atoms with Crippen molar-refractivity contribution >= 4 is 17.3 Å². The molecule has 0 aliphatic carbocycles. The van der Waals surface area contributed by atoms with Gasteiger partial charge in [0.2, 0.25) is 0 Å². The van der Waals surface area contributed by atoms with Gasteiger partial charge in [-0.3, -0.25) is 4.98 Å². The quantitative estimate of drug-likeness (QED) is 0.660. The van der Waals surface area contributed by atoms with Crippen LogP contribution in [0.4, 0.5) is 11.6 Å². The predicted molar refractivity (Wildman–Crippen MR) is 120 cm³/mol. The zero-order chi connectivity index (χ0) is 22.0. The van der Waals surface area contributed by atoms with E-state index in [1.807, 2.05) is 59.7 Å². The van der Waals surface area contributed by atoms with Crippen molar-refractivity contribution in [1.29, 1.82) is 5.26 Å². The van der Waals surface area contributed by atoms with E-state index in [4.69, 9.17) is 5.73 Å². The first kappa shape index (κ1) is 23.9. The fraction of sp³-hybridized carbons (Fsp3) is 0.455. The molecule has 3 N–H and O–H groups in total. The molecule has 7 heteroatoms. The number of aromatic nitrogens is 4. The SMILES string of the molecule is CC.CC.CCc1c(C)nn2c(N)c(C#N)c(NCCc3cccc(C)n3)nc12. The first-order chi connectivity index (χ1) is 14.0. The summed E-state index contributed by atoms with van der Waals surface area (Å²) in [5.74, 6) is 0.807. The van der Waals surface area contributed by atoms with Gasteiger partial charge in [-0.15, -0.1) is 0 Å². The highest BCUT2D eigenvalue weighted by atomic mass is 15.3. The Morgan fingerprint density at radius 1 is 1.14 bits per heavy atom. The van der Waals surface area contributed by atoms with Gasteiger partial charge in [0.15, 0.2) is 5.65 Å². The van der Waals surface area contributed by atoms with Crippen molar-refractivity contribution in [3.63, 3.8) is 0 Å². The monoisotopic (exact) mass is 395 g/mol. The molecule has 0 aromatic carbocycles. The Labute approximate surface area is 174 Å². The molecule has 0 saturated carbocycles. The lowest BCUT2D eigenvalue weighted by Gasteiger charge is -2.10. The van der Waals surface area contributed by atoms with Crippen LogP contribution in [-0.2, 0) is 12.8 Å². The highest BCUT2D eigenvalue weighted by Crippen LogP contribution is 2.24. The van der Waals surface area contributed by atoms with Crippen molar-refractivity contribution in [1.82, 2.24) is 19.6 Å². The third kappa shape index (κ3) is 5.44. The van der Waals surface area contributed by atoms with E-state index in [9.17, 15) is 5.26 Å². The van der Waals surface area contributed by atoms with Gasteiger partial charge in [0.05, 0.1) is 5.69 Å². The Kier molecular flexibility index (Phi) is 9.60. The van der Waals surface area contributed by atoms with E-state index in [2.05, 4.69) is 33.4 Å². The van der Waals surface area contributed by atoms with Gasteiger partial charge in [-0.05, 0) is 32.4 Å². The number of aryl methyl sites for hydroxylation is 3. The maximum atomic E-state index is 9.48. The van der Waals surface area contributed by atoms with Gasteiger partial charge in [0.25, 0.3) is 0 Å². The minimum absolute atomic E-state index is 0.312. The summed E-state index contributed by atoms with van der Waals surface area (Å²) in [5.41, 5.74) is 11.1. The Balaban J connectivity index is 0.000000989. The molecule has 3 aromatic heterocycles. The number of hydrogen-bond acceptors (Lipinski definition) is 6. The Hall–Kier alpha value is -3.14. The standard InChI is InChI=1S/C18H21N7.2C2H6/c1-4-14-12(3)24-25-16(20)15(10-19)17(23-18(14)25)21-9-8-13-7-5-6-11(2)22-13;2*1-2/h5-7H,4,8-9,20H2,1-3H3,(H,21,23);2*1-2H3. The molecule has 0 amide bonds. The predicted octanol–water partition coefficient (Wildman–Crippen LogP) is 4.46. The molecular formula is C22H33N7. The molecule has 3 heterocycles. The summed E-state index contributed by atoms with van der Waals surface area (Å²) >= 11 is 0. The number of nitrogen functional groups attached to an aromatic ring is 1. The van der Waals surface area contributed by atoms with E-state index in [0.717, 1.165) is 35.5 Å². The highest BCUT2D eigenvalue weighted by molar-refractivity contribution is 5.69. The van der Waals surface area contributed by atoms with Crippen molar-refractivity contribution in [3.8, 4) is 6.07 Å². The lowest BCUT2D eigenvalue weighted by Crippen LogP contribution is -2.13. The number of nitriles is 1. The van der Waals surface area contributed by atoms with Crippen molar-refractivity contribution in [2.75, 3.05) is 17.6 Å². The number of anilines is 2. The molecule has 3 aromatic rings. The van der Waals surface area contributed by atoms with Crippen LogP contribution in [0, 0.1) is 25.2 Å². The molecule has 0 aliphatic rings. The molecule has 0 aliphatic heterocycles. The molecular weight excluding hydrogens is 362 g/mol. The van der Waals surface area contributed by atoms with E-state index in [0.29, 0.717) is 29.4 Å². The number of hydrogen-bond donors (Lipinski definition) is 2. The van der Waals surface area contributed by atoms with Gasteiger partial charge in [-0.25, -0.2) is 4.98 Å². The second-order valence-electron chi connectivity index (χ2n) is 5.93. The summed E-state index contributed by atoms with van der Waals surface area (Å²) in [4.78, 5) is 9.09. The molecule has 0 bridgehead atoms. The molecule has 0 unspecified atom stereocenters. The molecule has 0 radical (unpaired) electrons. The van der Waals surface area contributed by atoms with Gasteiger partial charge < -0.3 is 11.1 Å². The van der Waals surface area contributed by atoms with Crippen LogP contribution >= 0.6 is 0 Å². The van der Waals surface area contributed by atoms with Gasteiger partial charge >= 0.3 is 0 Å². The average Bonchev–Trinajstić information content (AvgIpc) is 3.07. The minimum atomic E-state index is 0.312. The van der Waals surface area contributed by atoms with Crippen molar-refractivity contribution in [2.24, 2.45) is 0 Å². The summed E-state index contributed by atoms with van der Waals surface area (Å²) in [6.45, 7) is 14.6. The van der Waals surface area contributed by atoms with Gasteiger partial charge in [0, 0.05) is 29.9 Å². The molecule has 0 spiro atoms. The molecule has 3 rings (SSSR count). The van der Waals surface area contributed by atoms with Crippen molar-refractivity contribution in [2.45, 2.75) is 61.3 Å². The van der Waals surface area contributed by atoms with Crippen LogP contribution in [0.15, 0.2) is 18.2 Å². The Morgan fingerprint density at radius 2 is 1.83 bits per heavy atom. The summed E-state index contributed by atoms with van der Waals surface area (Å²) in [5, 5.41) is 17.1. The molecule has 29 heavy (non-hydrogen) atoms. The first-order valence-corrected chi connectivity index (χ1v) is 10.3. The van der Waals surface area contributed by atoms with E-state index in [1.54, 1.807) is 4.52 Å². The largest absolute Gasteiger partial charge is 0.382 e. The zero-order valence-electron chi connectivity index (χ0n) is 18.7. The second-order valence-corrected chi connectivity index (χ2v) is 5.93. The Bertz CT molecular complexity index is 967. The van der Waals surface area contributed by atoms with Crippen LogP contribution in [0.25, 0.3) is 5.65 Å². The van der Waals surface area contributed by atoms with Crippen LogP contribution < -0.4 is 11.1 Å². The fourth-order valence-electron chi connectivity index (χ4n) is 2.92. The van der Waals surface area contributed by atoms with E-state index in [-0.39, 0.29) is 0 Å². The molecule has 156 valence electrons. The third-order valence-corrected chi connectivity index (χ3v) is 4.18. The molecule has 0 atom stereocenters. The van der Waals surface area contributed by atoms with Gasteiger partial charge in [-0.2, -0.15) is 14.9 Å². The topological polar surface area (TPSA) is 105 Å². The maximum Gasteiger partial charge on any atom is 0.163 e. The number of nitrogens with two attached hydrogens (primary N) is 1. The number of nitrogens with one attached hydrogen (secondary N) is 1. The lowest BCUT2D eigenvalue weighted by molar-refractivity contribution is 0.912. The zero-order valence-corrected chi connectivity index (χ0v) is 18.7. The summed E-state index contributed by atoms with van der Waals surface area (Å²) in [7, 11) is 0. The fourth-order valence-corrected chi connectivity index (χ4v) is 2.92. The average molecular weight is 396 g/mol. The van der Waals surface area contributed by atoms with E-state index >= 15 is 0 Å². The normalized spacial score (nSPS) is 9.72. The number of nitrogens with zero attached hydrogens (tertiary/aromatic N) is 5. The highest BCUT2D eigenvalue weighted by Gasteiger charge is 2.18. The van der Waals surface area contributed by atoms with Gasteiger partial charge in [-0.1, -0.05) is 40.7 Å². The summed E-state index contributed by atoms with van der Waals surface area (Å²) in [6, 6.07) is 8.08. The number of fused-ring (bicyclic) bond motifs is 1.